The molecule has 0 aromatic heterocycles. The molecule has 1 atom stereocenters. The first-order chi connectivity index (χ1) is 7.63. The van der Waals surface area contributed by atoms with Crippen molar-refractivity contribution in [1.29, 1.82) is 0 Å². The van der Waals surface area contributed by atoms with Crippen LogP contribution in [0.15, 0.2) is 12.4 Å². The third kappa shape index (κ3) is 7.67. The van der Waals surface area contributed by atoms with Crippen LogP contribution in [0.4, 0.5) is 13.2 Å². The van der Waals surface area contributed by atoms with Gasteiger partial charge in [0.15, 0.2) is 6.61 Å². The Kier molecular flexibility index (Phi) is 6.08. The van der Waals surface area contributed by atoms with Gasteiger partial charge in [0.05, 0.1) is 5.92 Å². The number of alkyl halides is 2. The second-order valence-electron chi connectivity index (χ2n) is 3.18. The van der Waals surface area contributed by atoms with Gasteiger partial charge in [-0.1, -0.05) is 6.58 Å². The van der Waals surface area contributed by atoms with Crippen molar-refractivity contribution in [1.82, 2.24) is 0 Å². The van der Waals surface area contributed by atoms with E-state index in [0.717, 1.165) is 0 Å². The van der Waals surface area contributed by atoms with Gasteiger partial charge in [-0.3, -0.25) is 4.79 Å². The third-order valence-corrected chi connectivity index (χ3v) is 1.61. The first kappa shape index (κ1) is 15.8. The second kappa shape index (κ2) is 6.53. The molecule has 0 aromatic rings. The number of hydrogen-bond donors (Lipinski definition) is 1. The number of carbonyl (C=O) groups excluding carboxylic acids is 2. The van der Waals surface area contributed by atoms with Crippen molar-refractivity contribution in [2.75, 3.05) is 13.2 Å². The highest BCUT2D eigenvalue weighted by molar-refractivity contribution is 7.81. The first-order valence-electron chi connectivity index (χ1n) is 4.42. The summed E-state index contributed by atoms with van der Waals surface area (Å²) in [7, 11) is 0. The maximum atomic E-state index is 12.2. The van der Waals surface area contributed by atoms with Gasteiger partial charge in [0.2, 0.25) is 5.83 Å². The van der Waals surface area contributed by atoms with Crippen LogP contribution in [0.25, 0.3) is 0 Å². The van der Waals surface area contributed by atoms with Crippen molar-refractivity contribution in [3.8, 4) is 0 Å². The zero-order valence-corrected chi connectivity index (χ0v) is 9.81. The van der Waals surface area contributed by atoms with Crippen molar-refractivity contribution >= 4 is 24.6 Å². The summed E-state index contributed by atoms with van der Waals surface area (Å²) in [6.45, 7) is 2.27. The highest BCUT2D eigenvalue weighted by atomic mass is 32.1. The molecule has 0 aliphatic heterocycles. The molecule has 0 rings (SSSR count). The van der Waals surface area contributed by atoms with Gasteiger partial charge in [-0.25, -0.2) is 4.79 Å². The number of thiol groups is 1. The van der Waals surface area contributed by atoms with Crippen LogP contribution in [0, 0.1) is 5.92 Å². The molecule has 0 spiro atoms. The zero-order valence-electron chi connectivity index (χ0n) is 8.91. The Labute approximate surface area is 101 Å². The maximum Gasteiger partial charge on any atom is 0.366 e. The summed E-state index contributed by atoms with van der Waals surface area (Å²) in [4.78, 5) is 21.7. The van der Waals surface area contributed by atoms with Crippen LogP contribution in [0.5, 0.6) is 0 Å². The summed E-state index contributed by atoms with van der Waals surface area (Å²) in [5, 5.41) is -3.43. The average molecular weight is 272 g/mol. The summed E-state index contributed by atoms with van der Waals surface area (Å²) in [6, 6.07) is 0. The van der Waals surface area contributed by atoms with Crippen LogP contribution >= 0.6 is 12.6 Å². The van der Waals surface area contributed by atoms with E-state index in [-0.39, 0.29) is 0 Å². The number of halogens is 3. The van der Waals surface area contributed by atoms with E-state index < -0.39 is 42.2 Å². The first-order valence-corrected chi connectivity index (χ1v) is 4.86. The molecule has 17 heavy (non-hydrogen) atoms. The van der Waals surface area contributed by atoms with Crippen molar-refractivity contribution in [3.63, 3.8) is 0 Å². The van der Waals surface area contributed by atoms with Gasteiger partial charge in [-0.2, -0.15) is 13.2 Å². The number of carbonyl (C=O) groups is 2. The standard InChI is InChI=1S/C9H11F3O4S/c1-5(3-15-8(14)6(2)10)7(13)16-4-9(11,12)17/h5,17H,2-4H2,1H3. The number of esters is 2. The quantitative estimate of drug-likeness (QED) is 0.454. The Balaban J connectivity index is 3.98. The zero-order chi connectivity index (χ0) is 13.6. The molecule has 98 valence electrons. The van der Waals surface area contributed by atoms with E-state index in [1.54, 1.807) is 0 Å². The van der Waals surface area contributed by atoms with Gasteiger partial charge in [0.25, 0.3) is 0 Å². The number of hydrogen-bond acceptors (Lipinski definition) is 5. The largest absolute Gasteiger partial charge is 0.460 e. The van der Waals surface area contributed by atoms with E-state index in [4.69, 9.17) is 0 Å². The Morgan fingerprint density at radius 3 is 2.35 bits per heavy atom. The van der Waals surface area contributed by atoms with Gasteiger partial charge in [-0.05, 0) is 6.92 Å². The predicted molar refractivity (Wildman–Crippen MR) is 55.3 cm³/mol. The van der Waals surface area contributed by atoms with E-state index >= 15 is 0 Å². The van der Waals surface area contributed by atoms with Crippen molar-refractivity contribution in [2.24, 2.45) is 5.92 Å². The molecule has 8 heteroatoms. The molecule has 0 aliphatic rings. The Bertz CT molecular complexity index is 314. The van der Waals surface area contributed by atoms with Crippen LogP contribution in [0.2, 0.25) is 0 Å². The molecule has 0 fully saturated rings. The van der Waals surface area contributed by atoms with Crippen molar-refractivity contribution in [3.05, 3.63) is 12.4 Å². The minimum Gasteiger partial charge on any atom is -0.460 e. The van der Waals surface area contributed by atoms with Gasteiger partial charge in [0.1, 0.15) is 6.61 Å². The van der Waals surface area contributed by atoms with E-state index in [2.05, 4.69) is 28.7 Å². The minimum atomic E-state index is -3.43. The second-order valence-corrected chi connectivity index (χ2v) is 3.83. The van der Waals surface area contributed by atoms with Gasteiger partial charge in [0, 0.05) is 0 Å². The minimum absolute atomic E-state index is 0.487. The van der Waals surface area contributed by atoms with E-state index in [1.807, 2.05) is 0 Å². The fraction of sp³-hybridized carbons (Fsp3) is 0.556. The molecule has 0 bridgehead atoms. The summed E-state index contributed by atoms with van der Waals surface area (Å²) in [6.07, 6.45) is 0. The Morgan fingerprint density at radius 2 is 1.94 bits per heavy atom. The molecule has 4 nitrogen and oxygen atoms in total. The molecule has 1 unspecified atom stereocenters. The van der Waals surface area contributed by atoms with Crippen LogP contribution < -0.4 is 0 Å². The monoisotopic (exact) mass is 272 g/mol. The van der Waals surface area contributed by atoms with Crippen LogP contribution in [0.3, 0.4) is 0 Å². The molecule has 0 saturated heterocycles. The highest BCUT2D eigenvalue weighted by Gasteiger charge is 2.27. The molecule has 0 aliphatic carbocycles. The topological polar surface area (TPSA) is 52.6 Å². The number of ether oxygens (including phenoxy) is 2. The molecule has 0 N–H and O–H groups in total. The summed E-state index contributed by atoms with van der Waals surface area (Å²) >= 11 is 2.85. The molecule has 0 heterocycles. The molecule has 0 saturated carbocycles. The molecular formula is C9H11F3O4S. The molecular weight excluding hydrogens is 261 g/mol. The normalized spacial score (nSPS) is 12.8. The van der Waals surface area contributed by atoms with Crippen molar-refractivity contribution < 1.29 is 32.2 Å². The lowest BCUT2D eigenvalue weighted by Crippen LogP contribution is -2.26. The highest BCUT2D eigenvalue weighted by Crippen LogP contribution is 2.18. The van der Waals surface area contributed by atoms with E-state index in [0.29, 0.717) is 0 Å². The fourth-order valence-corrected chi connectivity index (χ4v) is 0.712. The fourth-order valence-electron chi connectivity index (χ4n) is 0.647. The van der Waals surface area contributed by atoms with Crippen LogP contribution in [-0.4, -0.2) is 30.4 Å². The molecule has 0 radical (unpaired) electrons. The van der Waals surface area contributed by atoms with Crippen LogP contribution in [-0.2, 0) is 19.1 Å². The van der Waals surface area contributed by atoms with Gasteiger partial charge >= 0.3 is 17.2 Å². The average Bonchev–Trinajstić information content (AvgIpc) is 2.20. The summed E-state index contributed by atoms with van der Waals surface area (Å²) in [5.41, 5.74) is 0. The molecule has 0 amide bonds. The lowest BCUT2D eigenvalue weighted by atomic mass is 10.2. The van der Waals surface area contributed by atoms with Crippen molar-refractivity contribution in [2.45, 2.75) is 12.2 Å². The predicted octanol–water partition coefficient (Wildman–Crippen LogP) is 1.71. The van der Waals surface area contributed by atoms with E-state index in [1.165, 1.54) is 6.92 Å². The van der Waals surface area contributed by atoms with Crippen LogP contribution in [0.1, 0.15) is 6.92 Å². The SMILES string of the molecule is C=C(F)C(=O)OCC(C)C(=O)OCC(F)(F)S. The number of rotatable bonds is 6. The molecule has 0 aromatic carbocycles. The van der Waals surface area contributed by atoms with Gasteiger partial charge < -0.3 is 9.47 Å². The lowest BCUT2D eigenvalue weighted by molar-refractivity contribution is -0.157. The maximum absolute atomic E-state index is 12.2. The lowest BCUT2D eigenvalue weighted by Gasteiger charge is -2.13. The Hall–Kier alpha value is -1.18. The Morgan fingerprint density at radius 1 is 1.41 bits per heavy atom. The summed E-state index contributed by atoms with van der Waals surface area (Å²) < 4.78 is 45.1. The van der Waals surface area contributed by atoms with E-state index in [9.17, 15) is 22.8 Å². The third-order valence-electron chi connectivity index (χ3n) is 1.48. The van der Waals surface area contributed by atoms with Gasteiger partial charge in [-0.15, -0.1) is 12.6 Å². The smallest absolute Gasteiger partial charge is 0.366 e. The summed E-state index contributed by atoms with van der Waals surface area (Å²) in [5.74, 6) is -4.62.